The first-order valence-electron chi connectivity index (χ1n) is 6.22. The predicted molar refractivity (Wildman–Crippen MR) is 83.1 cm³/mol. The van der Waals surface area contributed by atoms with E-state index in [4.69, 9.17) is 28.9 Å². The molecule has 2 aromatic carbocycles. The third-order valence-electron chi connectivity index (χ3n) is 2.96. The highest BCUT2D eigenvalue weighted by Gasteiger charge is 2.11. The molecule has 3 nitrogen and oxygen atoms in total. The van der Waals surface area contributed by atoms with Crippen LogP contribution in [0.1, 0.15) is 11.1 Å². The summed E-state index contributed by atoms with van der Waals surface area (Å²) >= 11 is 11.4. The molecule has 2 rings (SSSR count). The number of hydrogen-bond acceptors (Lipinski definition) is 2. The Morgan fingerprint density at radius 3 is 2.29 bits per heavy atom. The summed E-state index contributed by atoms with van der Waals surface area (Å²) in [6.07, 6.45) is 0.167. The molecule has 1 amide bonds. The number of hydrogen-bond donors (Lipinski definition) is 2. The lowest BCUT2D eigenvalue weighted by atomic mass is 10.0. The summed E-state index contributed by atoms with van der Waals surface area (Å²) in [5, 5.41) is 2.36. The Morgan fingerprint density at radius 2 is 1.71 bits per heavy atom. The third-order valence-corrected chi connectivity index (χ3v) is 3.51. The molecule has 0 heterocycles. The van der Waals surface area contributed by atoms with E-state index >= 15 is 0 Å². The Hall–Kier alpha value is -1.62. The highest BCUT2D eigenvalue weighted by Crippen LogP contribution is 2.27. The van der Waals surface area contributed by atoms with Crippen molar-refractivity contribution >= 4 is 34.8 Å². The van der Waals surface area contributed by atoms with Gasteiger partial charge in [-0.2, -0.15) is 0 Å². The molecular weight excluding hydrogens is 314 g/mol. The Labute approximate surface area is 131 Å². The van der Waals surface area contributed by atoms with Crippen LogP contribution in [-0.2, 0) is 17.8 Å². The van der Waals surface area contributed by atoms with Crippen LogP contribution in [0.4, 0.5) is 10.1 Å². The Balaban J connectivity index is 2.12. The van der Waals surface area contributed by atoms with Crippen molar-refractivity contribution < 1.29 is 9.18 Å². The first-order chi connectivity index (χ1) is 10.0. The van der Waals surface area contributed by atoms with Gasteiger partial charge in [-0.15, -0.1) is 0 Å². The predicted octanol–water partition coefficient (Wildman–Crippen LogP) is 3.77. The topological polar surface area (TPSA) is 55.1 Å². The van der Waals surface area contributed by atoms with E-state index in [1.54, 1.807) is 0 Å². The lowest BCUT2D eigenvalue weighted by molar-refractivity contribution is -0.115. The van der Waals surface area contributed by atoms with Crippen LogP contribution in [0.5, 0.6) is 0 Å². The van der Waals surface area contributed by atoms with Crippen molar-refractivity contribution in [3.8, 4) is 0 Å². The molecule has 0 fully saturated rings. The van der Waals surface area contributed by atoms with Crippen molar-refractivity contribution in [1.29, 1.82) is 0 Å². The van der Waals surface area contributed by atoms with E-state index in [9.17, 15) is 9.18 Å². The van der Waals surface area contributed by atoms with Crippen LogP contribution in [0.3, 0.4) is 0 Å². The average molecular weight is 327 g/mol. The van der Waals surface area contributed by atoms with Gasteiger partial charge in [0.25, 0.3) is 0 Å². The minimum Gasteiger partial charge on any atom is -0.326 e. The van der Waals surface area contributed by atoms with E-state index < -0.39 is 5.82 Å². The molecule has 0 spiro atoms. The van der Waals surface area contributed by atoms with E-state index in [0.717, 1.165) is 11.1 Å². The van der Waals surface area contributed by atoms with Gasteiger partial charge in [0.05, 0.1) is 16.5 Å². The summed E-state index contributed by atoms with van der Waals surface area (Å²) in [5.41, 5.74) is 7.73. The van der Waals surface area contributed by atoms with Gasteiger partial charge in [0.1, 0.15) is 0 Å². The maximum atomic E-state index is 13.3. The van der Waals surface area contributed by atoms with Crippen molar-refractivity contribution in [1.82, 2.24) is 0 Å². The fraction of sp³-hybridized carbons (Fsp3) is 0.133. The number of nitrogens with two attached hydrogens (primary N) is 1. The summed E-state index contributed by atoms with van der Waals surface area (Å²) in [6.45, 7) is 0.359. The van der Waals surface area contributed by atoms with E-state index in [2.05, 4.69) is 5.32 Å². The first-order valence-corrected chi connectivity index (χ1v) is 6.98. The average Bonchev–Trinajstić information content (AvgIpc) is 2.45. The SMILES string of the molecule is NCc1ccccc1CC(=O)Nc1cc(Cl)c(F)c(Cl)c1. The second kappa shape index (κ2) is 6.89. The zero-order valence-corrected chi connectivity index (χ0v) is 12.5. The molecular formula is C15H13Cl2FN2O. The Morgan fingerprint density at radius 1 is 1.14 bits per heavy atom. The molecule has 0 aliphatic rings. The van der Waals surface area contributed by atoms with Crippen LogP contribution in [0.25, 0.3) is 0 Å². The fourth-order valence-electron chi connectivity index (χ4n) is 1.93. The van der Waals surface area contributed by atoms with Crippen molar-refractivity contribution in [2.75, 3.05) is 5.32 Å². The van der Waals surface area contributed by atoms with Crippen LogP contribution in [0.2, 0.25) is 10.0 Å². The Bertz CT molecular complexity index is 653. The summed E-state index contributed by atoms with van der Waals surface area (Å²) in [7, 11) is 0. The van der Waals surface area contributed by atoms with Gasteiger partial charge in [-0.3, -0.25) is 4.79 Å². The maximum Gasteiger partial charge on any atom is 0.228 e. The molecule has 21 heavy (non-hydrogen) atoms. The monoisotopic (exact) mass is 326 g/mol. The molecule has 0 atom stereocenters. The van der Waals surface area contributed by atoms with Crippen LogP contribution in [0, 0.1) is 5.82 Å². The van der Waals surface area contributed by atoms with Gasteiger partial charge in [0, 0.05) is 12.2 Å². The molecule has 0 aliphatic carbocycles. The van der Waals surface area contributed by atoms with Gasteiger partial charge >= 0.3 is 0 Å². The van der Waals surface area contributed by atoms with Gasteiger partial charge in [0.15, 0.2) is 5.82 Å². The van der Waals surface area contributed by atoms with E-state index in [1.165, 1.54) is 12.1 Å². The number of amides is 1. The highest BCUT2D eigenvalue weighted by molar-refractivity contribution is 6.35. The summed E-state index contributed by atoms with van der Waals surface area (Å²) < 4.78 is 13.3. The van der Waals surface area contributed by atoms with Crippen molar-refractivity contribution in [3.05, 3.63) is 63.4 Å². The highest BCUT2D eigenvalue weighted by atomic mass is 35.5. The molecule has 0 saturated heterocycles. The quantitative estimate of drug-likeness (QED) is 0.840. The van der Waals surface area contributed by atoms with Gasteiger partial charge in [-0.1, -0.05) is 47.5 Å². The number of carbonyl (C=O) groups excluding carboxylic acids is 1. The molecule has 3 N–H and O–H groups in total. The molecule has 0 radical (unpaired) electrons. The fourth-order valence-corrected chi connectivity index (χ4v) is 2.42. The largest absolute Gasteiger partial charge is 0.326 e. The van der Waals surface area contributed by atoms with E-state index in [1.807, 2.05) is 24.3 Å². The molecule has 0 bridgehead atoms. The van der Waals surface area contributed by atoms with Crippen molar-refractivity contribution in [3.63, 3.8) is 0 Å². The van der Waals surface area contributed by atoms with Crippen LogP contribution >= 0.6 is 23.2 Å². The number of anilines is 1. The van der Waals surface area contributed by atoms with Crippen LogP contribution in [-0.4, -0.2) is 5.91 Å². The smallest absolute Gasteiger partial charge is 0.228 e. The summed E-state index contributed by atoms with van der Waals surface area (Å²) in [4.78, 5) is 12.0. The Kier molecular flexibility index (Phi) is 5.17. The number of nitrogens with one attached hydrogen (secondary N) is 1. The van der Waals surface area contributed by atoms with Crippen LogP contribution < -0.4 is 11.1 Å². The van der Waals surface area contributed by atoms with E-state index in [-0.39, 0.29) is 22.4 Å². The zero-order chi connectivity index (χ0) is 15.4. The lowest BCUT2D eigenvalue weighted by Gasteiger charge is -2.09. The zero-order valence-electron chi connectivity index (χ0n) is 11.0. The number of halogens is 3. The minimum absolute atomic E-state index is 0.139. The third kappa shape index (κ3) is 3.94. The van der Waals surface area contributed by atoms with Gasteiger partial charge < -0.3 is 11.1 Å². The number of carbonyl (C=O) groups is 1. The molecule has 2 aromatic rings. The number of benzene rings is 2. The summed E-state index contributed by atoms with van der Waals surface area (Å²) in [6, 6.07) is 10.0. The molecule has 0 aromatic heterocycles. The second-order valence-corrected chi connectivity index (χ2v) is 5.27. The number of rotatable bonds is 4. The first kappa shape index (κ1) is 15.8. The normalized spacial score (nSPS) is 10.5. The molecule has 6 heteroatoms. The van der Waals surface area contributed by atoms with Gasteiger partial charge in [-0.05, 0) is 23.3 Å². The van der Waals surface area contributed by atoms with Gasteiger partial charge in [-0.25, -0.2) is 4.39 Å². The molecule has 0 saturated carbocycles. The molecule has 0 aliphatic heterocycles. The maximum absolute atomic E-state index is 13.3. The molecule has 110 valence electrons. The summed E-state index contributed by atoms with van der Waals surface area (Å²) in [5.74, 6) is -0.959. The van der Waals surface area contributed by atoms with Crippen molar-refractivity contribution in [2.45, 2.75) is 13.0 Å². The minimum atomic E-state index is -0.704. The van der Waals surface area contributed by atoms with Crippen LogP contribution in [0.15, 0.2) is 36.4 Å². The lowest BCUT2D eigenvalue weighted by Crippen LogP contribution is -2.16. The van der Waals surface area contributed by atoms with Gasteiger partial charge in [0.2, 0.25) is 5.91 Å². The van der Waals surface area contributed by atoms with Crippen molar-refractivity contribution in [2.24, 2.45) is 5.73 Å². The standard InChI is InChI=1S/C15H13Cl2FN2O/c16-12-6-11(7-13(17)15(12)18)20-14(21)5-9-3-1-2-4-10(9)8-19/h1-4,6-7H,5,8,19H2,(H,20,21). The van der Waals surface area contributed by atoms with E-state index in [0.29, 0.717) is 12.2 Å². The molecule has 0 unspecified atom stereocenters. The second-order valence-electron chi connectivity index (χ2n) is 4.45.